The van der Waals surface area contributed by atoms with Crippen molar-refractivity contribution in [2.75, 3.05) is 0 Å². The van der Waals surface area contributed by atoms with Crippen molar-refractivity contribution in [3.63, 3.8) is 0 Å². The van der Waals surface area contributed by atoms with E-state index in [1.165, 1.54) is 42.5 Å². The Balaban J connectivity index is 2.22. The molecule has 0 unspecified atom stereocenters. The third-order valence-electron chi connectivity index (χ3n) is 3.33. The van der Waals surface area contributed by atoms with Crippen LogP contribution < -0.4 is 0 Å². The molecule has 0 radical (unpaired) electrons. The predicted octanol–water partition coefficient (Wildman–Crippen LogP) is 5.62. The van der Waals surface area contributed by atoms with Crippen molar-refractivity contribution in [3.05, 3.63) is 71.1 Å². The van der Waals surface area contributed by atoms with Crippen LogP contribution in [0.4, 0.5) is 17.6 Å². The van der Waals surface area contributed by atoms with Crippen LogP contribution in [0.1, 0.15) is 5.56 Å². The van der Waals surface area contributed by atoms with Gasteiger partial charge < -0.3 is 0 Å². The van der Waals surface area contributed by atoms with Crippen molar-refractivity contribution >= 4 is 11.6 Å². The van der Waals surface area contributed by atoms with E-state index in [2.05, 4.69) is 9.97 Å². The van der Waals surface area contributed by atoms with Gasteiger partial charge in [-0.3, -0.25) is 0 Å². The molecule has 122 valence electrons. The summed E-state index contributed by atoms with van der Waals surface area (Å²) in [5, 5.41) is 0.385. The van der Waals surface area contributed by atoms with Crippen molar-refractivity contribution in [3.8, 4) is 22.6 Å². The molecular formula is C17H9ClF4N2. The number of nitrogens with zero attached hydrogens (tertiary/aromatic N) is 2. The van der Waals surface area contributed by atoms with Crippen LogP contribution in [-0.2, 0) is 6.18 Å². The highest BCUT2D eigenvalue weighted by Crippen LogP contribution is 2.37. The van der Waals surface area contributed by atoms with Gasteiger partial charge in [0.25, 0.3) is 0 Å². The van der Waals surface area contributed by atoms with Crippen LogP contribution in [0, 0.1) is 5.82 Å². The lowest BCUT2D eigenvalue weighted by molar-refractivity contribution is -0.137. The summed E-state index contributed by atoms with van der Waals surface area (Å²) in [5.74, 6) is -0.731. The first kappa shape index (κ1) is 16.4. The van der Waals surface area contributed by atoms with E-state index < -0.39 is 17.6 Å². The molecule has 0 atom stereocenters. The van der Waals surface area contributed by atoms with Gasteiger partial charge in [0.05, 0.1) is 11.3 Å². The fraction of sp³-hybridized carbons (Fsp3) is 0.0588. The Hall–Kier alpha value is -2.47. The quantitative estimate of drug-likeness (QED) is 0.559. The van der Waals surface area contributed by atoms with Crippen LogP contribution in [0.25, 0.3) is 22.6 Å². The minimum Gasteiger partial charge on any atom is -0.236 e. The van der Waals surface area contributed by atoms with Gasteiger partial charge >= 0.3 is 6.18 Å². The van der Waals surface area contributed by atoms with E-state index >= 15 is 0 Å². The molecule has 0 saturated carbocycles. The molecule has 0 saturated heterocycles. The van der Waals surface area contributed by atoms with Gasteiger partial charge in [0.15, 0.2) is 5.82 Å². The first-order valence-corrected chi connectivity index (χ1v) is 7.19. The van der Waals surface area contributed by atoms with Crippen LogP contribution in [0.2, 0.25) is 5.02 Å². The highest BCUT2D eigenvalue weighted by molar-refractivity contribution is 6.30. The minimum absolute atomic E-state index is 0.0291. The molecule has 1 aromatic heterocycles. The Bertz CT molecular complexity index is 877. The molecule has 0 aliphatic rings. The first-order chi connectivity index (χ1) is 11.4. The maximum absolute atomic E-state index is 13.9. The molecule has 1 heterocycles. The Kier molecular flexibility index (Phi) is 4.24. The zero-order valence-electron chi connectivity index (χ0n) is 12.0. The maximum Gasteiger partial charge on any atom is 0.419 e. The molecule has 2 nitrogen and oxygen atoms in total. The Labute approximate surface area is 139 Å². The molecule has 0 aliphatic carbocycles. The molecule has 2 aromatic carbocycles. The highest BCUT2D eigenvalue weighted by Gasteiger charge is 2.35. The molecule has 0 bridgehead atoms. The number of hydrogen-bond donors (Lipinski definition) is 0. The Morgan fingerprint density at radius 3 is 2.21 bits per heavy atom. The second kappa shape index (κ2) is 6.20. The Morgan fingerprint density at radius 1 is 0.917 bits per heavy atom. The van der Waals surface area contributed by atoms with E-state index in [1.807, 2.05) is 0 Å². The first-order valence-electron chi connectivity index (χ1n) is 6.81. The standard InChI is InChI=1S/C17H9ClF4N2/c18-11-7-5-10(6-8-11)15-13(17(20,21)22)9-23-16(24-15)12-3-1-2-4-14(12)19/h1-9H. The summed E-state index contributed by atoms with van der Waals surface area (Å²) in [6.07, 6.45) is -3.97. The van der Waals surface area contributed by atoms with Crippen molar-refractivity contribution in [2.45, 2.75) is 6.18 Å². The second-order valence-electron chi connectivity index (χ2n) is 4.94. The average Bonchev–Trinajstić information content (AvgIpc) is 2.54. The van der Waals surface area contributed by atoms with Crippen LogP contribution in [0.15, 0.2) is 54.7 Å². The predicted molar refractivity (Wildman–Crippen MR) is 82.9 cm³/mol. The average molecular weight is 353 g/mol. The molecule has 0 spiro atoms. The summed E-state index contributed by atoms with van der Waals surface area (Å²) in [7, 11) is 0. The Morgan fingerprint density at radius 2 is 1.58 bits per heavy atom. The van der Waals surface area contributed by atoms with Crippen molar-refractivity contribution < 1.29 is 17.6 Å². The van der Waals surface area contributed by atoms with Gasteiger partial charge in [0, 0.05) is 16.8 Å². The third-order valence-corrected chi connectivity index (χ3v) is 3.58. The lowest BCUT2D eigenvalue weighted by Gasteiger charge is -2.13. The molecule has 3 aromatic rings. The molecule has 0 N–H and O–H groups in total. The van der Waals surface area contributed by atoms with Crippen molar-refractivity contribution in [1.82, 2.24) is 9.97 Å². The number of hydrogen-bond acceptors (Lipinski definition) is 2. The zero-order valence-corrected chi connectivity index (χ0v) is 12.7. The van der Waals surface area contributed by atoms with Crippen LogP contribution in [0.3, 0.4) is 0 Å². The molecule has 3 rings (SSSR count). The number of benzene rings is 2. The van der Waals surface area contributed by atoms with Gasteiger partial charge in [0.1, 0.15) is 11.4 Å². The van der Waals surface area contributed by atoms with Gasteiger partial charge in [-0.05, 0) is 24.3 Å². The molecule has 0 aliphatic heterocycles. The topological polar surface area (TPSA) is 25.8 Å². The fourth-order valence-corrected chi connectivity index (χ4v) is 2.32. The van der Waals surface area contributed by atoms with Crippen LogP contribution >= 0.6 is 11.6 Å². The van der Waals surface area contributed by atoms with E-state index in [0.717, 1.165) is 0 Å². The van der Waals surface area contributed by atoms with Crippen molar-refractivity contribution in [2.24, 2.45) is 0 Å². The van der Waals surface area contributed by atoms with E-state index in [9.17, 15) is 17.6 Å². The molecule has 24 heavy (non-hydrogen) atoms. The minimum atomic E-state index is -4.64. The van der Waals surface area contributed by atoms with Gasteiger partial charge in [0.2, 0.25) is 0 Å². The molecule has 0 amide bonds. The lowest BCUT2D eigenvalue weighted by Crippen LogP contribution is -2.10. The largest absolute Gasteiger partial charge is 0.419 e. The summed E-state index contributed by atoms with van der Waals surface area (Å²) in [5.41, 5.74) is -1.08. The van der Waals surface area contributed by atoms with Crippen LogP contribution in [0.5, 0.6) is 0 Å². The molecule has 7 heteroatoms. The highest BCUT2D eigenvalue weighted by atomic mass is 35.5. The van der Waals surface area contributed by atoms with E-state index in [0.29, 0.717) is 11.2 Å². The smallest absolute Gasteiger partial charge is 0.236 e. The van der Waals surface area contributed by atoms with E-state index in [4.69, 9.17) is 11.6 Å². The number of halogens is 5. The molecule has 0 fully saturated rings. The van der Waals surface area contributed by atoms with E-state index in [1.54, 1.807) is 6.07 Å². The van der Waals surface area contributed by atoms with Crippen LogP contribution in [-0.4, -0.2) is 9.97 Å². The zero-order chi connectivity index (χ0) is 17.3. The van der Waals surface area contributed by atoms with Gasteiger partial charge in [-0.1, -0.05) is 35.9 Å². The monoisotopic (exact) mass is 352 g/mol. The summed E-state index contributed by atoms with van der Waals surface area (Å²) in [6.45, 7) is 0. The molecular weight excluding hydrogens is 344 g/mol. The van der Waals surface area contributed by atoms with Gasteiger partial charge in [-0.15, -0.1) is 0 Å². The third kappa shape index (κ3) is 3.23. The normalized spacial score (nSPS) is 11.5. The van der Waals surface area contributed by atoms with E-state index in [-0.39, 0.29) is 22.6 Å². The summed E-state index contributed by atoms with van der Waals surface area (Å²) >= 11 is 5.77. The summed E-state index contributed by atoms with van der Waals surface area (Å²) < 4.78 is 53.6. The summed E-state index contributed by atoms with van der Waals surface area (Å²) in [6, 6.07) is 11.4. The number of alkyl halides is 3. The SMILES string of the molecule is Fc1ccccc1-c1ncc(C(F)(F)F)c(-c2ccc(Cl)cc2)n1. The maximum atomic E-state index is 13.9. The van der Waals surface area contributed by atoms with Gasteiger partial charge in [-0.25, -0.2) is 14.4 Å². The fourth-order valence-electron chi connectivity index (χ4n) is 2.19. The number of rotatable bonds is 2. The second-order valence-corrected chi connectivity index (χ2v) is 5.38. The van der Waals surface area contributed by atoms with Gasteiger partial charge in [-0.2, -0.15) is 13.2 Å². The summed E-state index contributed by atoms with van der Waals surface area (Å²) in [4.78, 5) is 7.64. The number of aromatic nitrogens is 2. The lowest BCUT2D eigenvalue weighted by atomic mass is 10.1. The van der Waals surface area contributed by atoms with Crippen molar-refractivity contribution in [1.29, 1.82) is 0 Å².